The normalized spacial score (nSPS) is 15.2. The molecule has 2 N–H and O–H groups in total. The van der Waals surface area contributed by atoms with Crippen LogP contribution in [-0.2, 0) is 26.4 Å². The smallest absolute Gasteiger partial charge is 0.228 e. The average molecular weight is 521 g/mol. The standard InChI is InChI=1S/C29H32N10/c1-3-38-15-12-25(36-38)33-29-31-16-21-8-9-24-26(27(21)34-29)28(37(2)35-24)20-6-4-19(5-7-20)22-17-32-39(18-22)23-10-13-30-14-11-23/h4-7,12,15-18,23,30H,3,8-11,13-14H2,1-2H3,(H,31,33,34,36). The number of aryl methyl sites for hydroxylation is 4. The maximum Gasteiger partial charge on any atom is 0.228 e. The van der Waals surface area contributed by atoms with Crippen LogP contribution in [0.4, 0.5) is 11.8 Å². The second-order valence-electron chi connectivity index (χ2n) is 10.3. The van der Waals surface area contributed by atoms with Gasteiger partial charge in [-0.05, 0) is 56.8 Å². The molecule has 0 bridgehead atoms. The summed E-state index contributed by atoms with van der Waals surface area (Å²) in [4.78, 5) is 9.53. The highest BCUT2D eigenvalue weighted by molar-refractivity contribution is 5.85. The Morgan fingerprint density at radius 2 is 1.79 bits per heavy atom. The van der Waals surface area contributed by atoms with Crippen molar-refractivity contribution in [2.45, 2.75) is 45.2 Å². The number of benzene rings is 1. The number of hydrogen-bond acceptors (Lipinski definition) is 7. The summed E-state index contributed by atoms with van der Waals surface area (Å²) in [6.07, 6.45) is 12.0. The van der Waals surface area contributed by atoms with Gasteiger partial charge in [-0.3, -0.25) is 14.0 Å². The van der Waals surface area contributed by atoms with Crippen LogP contribution in [0, 0.1) is 0 Å². The maximum absolute atomic E-state index is 4.96. The van der Waals surface area contributed by atoms with Crippen LogP contribution in [-0.4, -0.2) is 52.4 Å². The van der Waals surface area contributed by atoms with E-state index in [1.165, 1.54) is 0 Å². The van der Waals surface area contributed by atoms with Gasteiger partial charge >= 0.3 is 0 Å². The zero-order valence-corrected chi connectivity index (χ0v) is 22.3. The van der Waals surface area contributed by atoms with E-state index in [2.05, 4.69) is 67.9 Å². The van der Waals surface area contributed by atoms with Gasteiger partial charge in [-0.15, -0.1) is 0 Å². The van der Waals surface area contributed by atoms with Gasteiger partial charge in [0.1, 0.15) is 0 Å². The summed E-state index contributed by atoms with van der Waals surface area (Å²) in [7, 11) is 2.02. The van der Waals surface area contributed by atoms with E-state index < -0.39 is 0 Å². The van der Waals surface area contributed by atoms with Crippen molar-refractivity contribution in [3.05, 3.63) is 66.4 Å². The fraction of sp³-hybridized carbons (Fsp3) is 0.345. The molecule has 0 amide bonds. The van der Waals surface area contributed by atoms with E-state index in [9.17, 15) is 0 Å². The van der Waals surface area contributed by atoms with E-state index in [1.807, 2.05) is 41.1 Å². The van der Waals surface area contributed by atoms with Crippen molar-refractivity contribution < 1.29 is 0 Å². The molecule has 198 valence electrons. The molecule has 39 heavy (non-hydrogen) atoms. The molecule has 1 fully saturated rings. The Kier molecular flexibility index (Phi) is 5.96. The number of fused-ring (bicyclic) bond motifs is 3. The Morgan fingerprint density at radius 3 is 2.59 bits per heavy atom. The molecular weight excluding hydrogens is 488 g/mol. The number of nitrogens with zero attached hydrogens (tertiary/aromatic N) is 8. The third kappa shape index (κ3) is 4.40. The third-order valence-electron chi connectivity index (χ3n) is 7.83. The molecule has 0 saturated carbocycles. The number of hydrogen-bond donors (Lipinski definition) is 2. The Morgan fingerprint density at radius 1 is 0.974 bits per heavy atom. The lowest BCUT2D eigenvalue weighted by Gasteiger charge is -2.22. The first kappa shape index (κ1) is 23.8. The highest BCUT2D eigenvalue weighted by Crippen LogP contribution is 2.40. The van der Waals surface area contributed by atoms with Crippen molar-refractivity contribution >= 4 is 11.8 Å². The van der Waals surface area contributed by atoms with E-state index in [-0.39, 0.29) is 0 Å². The Labute approximate surface area is 227 Å². The minimum atomic E-state index is 0.476. The van der Waals surface area contributed by atoms with Crippen molar-refractivity contribution in [3.8, 4) is 33.6 Å². The molecule has 1 saturated heterocycles. The maximum atomic E-state index is 4.96. The summed E-state index contributed by atoms with van der Waals surface area (Å²) in [6, 6.07) is 11.1. The Bertz CT molecular complexity index is 1620. The minimum Gasteiger partial charge on any atom is -0.317 e. The second kappa shape index (κ2) is 9.77. The molecule has 0 radical (unpaired) electrons. The van der Waals surface area contributed by atoms with Gasteiger partial charge < -0.3 is 10.6 Å². The Hall–Kier alpha value is -4.31. The molecule has 7 rings (SSSR count). The van der Waals surface area contributed by atoms with Gasteiger partial charge in [0.15, 0.2) is 5.82 Å². The summed E-state index contributed by atoms with van der Waals surface area (Å²) < 4.78 is 6.00. The fourth-order valence-electron chi connectivity index (χ4n) is 5.75. The molecule has 5 aromatic rings. The molecule has 10 heteroatoms. The Balaban J connectivity index is 1.20. The van der Waals surface area contributed by atoms with Gasteiger partial charge in [0.25, 0.3) is 0 Å². The van der Waals surface area contributed by atoms with Crippen LogP contribution in [0.5, 0.6) is 0 Å². The predicted molar refractivity (Wildman–Crippen MR) is 151 cm³/mol. The molecule has 1 aliphatic carbocycles. The zero-order valence-electron chi connectivity index (χ0n) is 22.3. The largest absolute Gasteiger partial charge is 0.317 e. The molecule has 0 unspecified atom stereocenters. The monoisotopic (exact) mass is 520 g/mol. The molecule has 0 spiro atoms. The first-order chi connectivity index (χ1) is 19.2. The molecule has 2 aliphatic rings. The van der Waals surface area contributed by atoms with Crippen LogP contribution in [0.1, 0.15) is 37.1 Å². The second-order valence-corrected chi connectivity index (χ2v) is 10.3. The first-order valence-corrected chi connectivity index (χ1v) is 13.7. The van der Waals surface area contributed by atoms with Gasteiger partial charge in [-0.25, -0.2) is 9.97 Å². The van der Waals surface area contributed by atoms with Crippen LogP contribution in [0.25, 0.3) is 33.6 Å². The van der Waals surface area contributed by atoms with Crippen LogP contribution >= 0.6 is 0 Å². The predicted octanol–water partition coefficient (Wildman–Crippen LogP) is 4.39. The quantitative estimate of drug-likeness (QED) is 0.342. The molecule has 1 aromatic carbocycles. The average Bonchev–Trinajstić information content (AvgIpc) is 3.72. The number of rotatable bonds is 6. The lowest BCUT2D eigenvalue weighted by atomic mass is 9.91. The summed E-state index contributed by atoms with van der Waals surface area (Å²) in [6.45, 7) is 4.98. The molecular formula is C29H32N10. The zero-order chi connectivity index (χ0) is 26.3. The van der Waals surface area contributed by atoms with Gasteiger partial charge in [-0.2, -0.15) is 15.3 Å². The van der Waals surface area contributed by atoms with E-state index in [4.69, 9.17) is 10.1 Å². The summed E-state index contributed by atoms with van der Waals surface area (Å²) >= 11 is 0. The molecule has 4 aromatic heterocycles. The molecule has 5 heterocycles. The van der Waals surface area contributed by atoms with Gasteiger partial charge in [-0.1, -0.05) is 24.3 Å². The van der Waals surface area contributed by atoms with Gasteiger partial charge in [0, 0.05) is 54.9 Å². The molecule has 10 nitrogen and oxygen atoms in total. The number of piperidine rings is 1. The van der Waals surface area contributed by atoms with Crippen molar-refractivity contribution in [1.82, 2.24) is 44.6 Å². The van der Waals surface area contributed by atoms with Crippen molar-refractivity contribution in [2.24, 2.45) is 7.05 Å². The minimum absolute atomic E-state index is 0.476. The van der Waals surface area contributed by atoms with Crippen LogP contribution in [0.15, 0.2) is 55.1 Å². The highest BCUT2D eigenvalue weighted by Gasteiger charge is 2.27. The van der Waals surface area contributed by atoms with Crippen LogP contribution in [0.2, 0.25) is 0 Å². The lowest BCUT2D eigenvalue weighted by molar-refractivity contribution is 0.343. The molecule has 0 atom stereocenters. The third-order valence-corrected chi connectivity index (χ3v) is 7.83. The van der Waals surface area contributed by atoms with Crippen LogP contribution < -0.4 is 10.6 Å². The number of aromatic nitrogens is 8. The summed E-state index contributed by atoms with van der Waals surface area (Å²) in [5.74, 6) is 1.28. The number of anilines is 2. The fourth-order valence-corrected chi connectivity index (χ4v) is 5.75. The molecule has 1 aliphatic heterocycles. The van der Waals surface area contributed by atoms with Crippen molar-refractivity contribution in [1.29, 1.82) is 0 Å². The highest BCUT2D eigenvalue weighted by atomic mass is 15.3. The lowest BCUT2D eigenvalue weighted by Crippen LogP contribution is -2.29. The summed E-state index contributed by atoms with van der Waals surface area (Å²) in [5.41, 5.74) is 8.75. The number of nitrogens with one attached hydrogen (secondary N) is 2. The first-order valence-electron chi connectivity index (χ1n) is 13.7. The van der Waals surface area contributed by atoms with Crippen LogP contribution in [0.3, 0.4) is 0 Å². The van der Waals surface area contributed by atoms with E-state index in [0.717, 1.165) is 96.0 Å². The van der Waals surface area contributed by atoms with E-state index in [0.29, 0.717) is 12.0 Å². The topological polar surface area (TPSA) is 103 Å². The summed E-state index contributed by atoms with van der Waals surface area (Å²) in [5, 5.41) is 20.8. The van der Waals surface area contributed by atoms with Crippen molar-refractivity contribution in [3.63, 3.8) is 0 Å². The van der Waals surface area contributed by atoms with Crippen molar-refractivity contribution in [2.75, 3.05) is 18.4 Å². The van der Waals surface area contributed by atoms with E-state index >= 15 is 0 Å². The van der Waals surface area contributed by atoms with Gasteiger partial charge in [0.2, 0.25) is 5.95 Å². The SMILES string of the molecule is CCn1ccc(Nc2ncc3c(n2)-c2c(nn(C)c2-c2ccc(-c4cnn(C5CCNCC5)c4)cc2)CC3)n1. The van der Waals surface area contributed by atoms with E-state index in [1.54, 1.807) is 0 Å². The van der Waals surface area contributed by atoms with Gasteiger partial charge in [0.05, 0.1) is 29.3 Å².